The number of nitrogens with two attached hydrogens (primary N) is 1. The highest BCUT2D eigenvalue weighted by Gasteiger charge is 2.30. The number of hydrogen-bond acceptors (Lipinski definition) is 4. The third kappa shape index (κ3) is 2.04. The zero-order valence-corrected chi connectivity index (χ0v) is 10.6. The van der Waals surface area contributed by atoms with E-state index in [1.165, 1.54) is 4.88 Å². The number of thiophene rings is 1. The molecule has 3 heterocycles. The standard InChI is InChI=1S/C12H14N4OS/c13-9-6-12(17)15(7-9)11-3-4-14-16(11)8-10-2-1-5-18-10/h1-5,9H,6-8,13H2. The number of amides is 1. The molecule has 0 aromatic carbocycles. The Bertz CT molecular complexity index is 548. The maximum absolute atomic E-state index is 11.8. The Hall–Kier alpha value is -1.66. The van der Waals surface area contributed by atoms with Gasteiger partial charge in [-0.3, -0.25) is 9.69 Å². The van der Waals surface area contributed by atoms with Crippen LogP contribution in [0.4, 0.5) is 5.82 Å². The SMILES string of the molecule is NC1CC(=O)N(c2ccnn2Cc2cccs2)C1. The van der Waals surface area contributed by atoms with Crippen molar-refractivity contribution in [2.45, 2.75) is 19.0 Å². The van der Waals surface area contributed by atoms with Gasteiger partial charge in [-0.2, -0.15) is 5.10 Å². The molecule has 1 unspecified atom stereocenters. The van der Waals surface area contributed by atoms with E-state index in [2.05, 4.69) is 11.2 Å². The van der Waals surface area contributed by atoms with Crippen molar-refractivity contribution < 1.29 is 4.79 Å². The smallest absolute Gasteiger partial charge is 0.229 e. The van der Waals surface area contributed by atoms with Crippen molar-refractivity contribution in [3.05, 3.63) is 34.7 Å². The van der Waals surface area contributed by atoms with Crippen LogP contribution in [0.1, 0.15) is 11.3 Å². The van der Waals surface area contributed by atoms with Gasteiger partial charge in [-0.25, -0.2) is 4.68 Å². The number of carbonyl (C=O) groups excluding carboxylic acids is 1. The van der Waals surface area contributed by atoms with Gasteiger partial charge in [0.2, 0.25) is 5.91 Å². The van der Waals surface area contributed by atoms with Crippen molar-refractivity contribution in [3.63, 3.8) is 0 Å². The Morgan fingerprint density at radius 3 is 3.06 bits per heavy atom. The highest BCUT2D eigenvalue weighted by Crippen LogP contribution is 2.22. The van der Waals surface area contributed by atoms with Crippen LogP contribution in [-0.2, 0) is 11.3 Å². The predicted octanol–water partition coefficient (Wildman–Crippen LogP) is 1.06. The maximum Gasteiger partial charge on any atom is 0.229 e. The van der Waals surface area contributed by atoms with Crippen LogP contribution in [-0.4, -0.2) is 28.3 Å². The van der Waals surface area contributed by atoms with E-state index in [1.807, 2.05) is 22.2 Å². The van der Waals surface area contributed by atoms with Crippen LogP contribution >= 0.6 is 11.3 Å². The van der Waals surface area contributed by atoms with Crippen molar-refractivity contribution in [2.75, 3.05) is 11.4 Å². The molecule has 0 bridgehead atoms. The quantitative estimate of drug-likeness (QED) is 0.899. The van der Waals surface area contributed by atoms with E-state index in [0.29, 0.717) is 19.5 Å². The normalized spacial score (nSPS) is 19.7. The first-order valence-corrected chi connectivity index (χ1v) is 6.72. The molecule has 2 N–H and O–H groups in total. The Morgan fingerprint density at radius 2 is 2.39 bits per heavy atom. The molecule has 1 aliphatic rings. The first-order chi connectivity index (χ1) is 8.74. The summed E-state index contributed by atoms with van der Waals surface area (Å²) < 4.78 is 1.85. The lowest BCUT2D eigenvalue weighted by Crippen LogP contribution is -2.30. The third-order valence-corrected chi connectivity index (χ3v) is 3.87. The lowest BCUT2D eigenvalue weighted by molar-refractivity contribution is -0.117. The highest BCUT2D eigenvalue weighted by atomic mass is 32.1. The molecule has 5 nitrogen and oxygen atoms in total. The molecule has 0 saturated carbocycles. The van der Waals surface area contributed by atoms with Gasteiger partial charge in [0.1, 0.15) is 5.82 Å². The molecular formula is C12H14N4OS. The second-order valence-electron chi connectivity index (χ2n) is 4.39. The van der Waals surface area contributed by atoms with E-state index >= 15 is 0 Å². The van der Waals surface area contributed by atoms with E-state index < -0.39 is 0 Å². The van der Waals surface area contributed by atoms with E-state index in [1.54, 1.807) is 22.4 Å². The largest absolute Gasteiger partial charge is 0.326 e. The lowest BCUT2D eigenvalue weighted by Gasteiger charge is -2.17. The summed E-state index contributed by atoms with van der Waals surface area (Å²) in [5.41, 5.74) is 5.82. The first kappa shape index (κ1) is 11.4. The summed E-state index contributed by atoms with van der Waals surface area (Å²) in [5.74, 6) is 0.914. The van der Waals surface area contributed by atoms with Crippen LogP contribution in [0.3, 0.4) is 0 Å². The third-order valence-electron chi connectivity index (χ3n) is 3.01. The van der Waals surface area contributed by atoms with E-state index in [0.717, 1.165) is 5.82 Å². The topological polar surface area (TPSA) is 64.2 Å². The van der Waals surface area contributed by atoms with Crippen molar-refractivity contribution >= 4 is 23.1 Å². The molecule has 1 aliphatic heterocycles. The molecule has 18 heavy (non-hydrogen) atoms. The van der Waals surface area contributed by atoms with Gasteiger partial charge in [-0.1, -0.05) is 6.07 Å². The Labute approximate surface area is 109 Å². The van der Waals surface area contributed by atoms with Crippen LogP contribution in [0.25, 0.3) is 0 Å². The molecule has 2 aromatic rings. The average molecular weight is 262 g/mol. The van der Waals surface area contributed by atoms with Gasteiger partial charge < -0.3 is 5.73 Å². The van der Waals surface area contributed by atoms with E-state index in [-0.39, 0.29) is 11.9 Å². The molecule has 94 valence electrons. The molecular weight excluding hydrogens is 248 g/mol. The fourth-order valence-electron chi connectivity index (χ4n) is 2.18. The summed E-state index contributed by atoms with van der Waals surface area (Å²) in [5, 5.41) is 6.32. The molecule has 0 aliphatic carbocycles. The fourth-order valence-corrected chi connectivity index (χ4v) is 2.87. The summed E-state index contributed by atoms with van der Waals surface area (Å²) in [4.78, 5) is 14.8. The van der Waals surface area contributed by atoms with Gasteiger partial charge in [0, 0.05) is 30.0 Å². The van der Waals surface area contributed by atoms with Crippen LogP contribution in [0.2, 0.25) is 0 Å². The first-order valence-electron chi connectivity index (χ1n) is 5.84. The van der Waals surface area contributed by atoms with Crippen molar-refractivity contribution in [3.8, 4) is 0 Å². The zero-order chi connectivity index (χ0) is 12.5. The number of carbonyl (C=O) groups is 1. The number of aromatic nitrogens is 2. The minimum Gasteiger partial charge on any atom is -0.326 e. The number of hydrogen-bond donors (Lipinski definition) is 1. The highest BCUT2D eigenvalue weighted by molar-refractivity contribution is 7.09. The molecule has 1 fully saturated rings. The minimum atomic E-state index is -0.0670. The molecule has 6 heteroatoms. The predicted molar refractivity (Wildman–Crippen MR) is 70.6 cm³/mol. The Balaban J connectivity index is 1.85. The molecule has 0 radical (unpaired) electrons. The summed E-state index contributed by atoms with van der Waals surface area (Å²) in [7, 11) is 0. The van der Waals surface area contributed by atoms with Crippen molar-refractivity contribution in [2.24, 2.45) is 5.73 Å². The summed E-state index contributed by atoms with van der Waals surface area (Å²) >= 11 is 1.68. The number of anilines is 1. The number of nitrogens with zero attached hydrogens (tertiary/aromatic N) is 3. The molecule has 1 atom stereocenters. The van der Waals surface area contributed by atoms with E-state index in [4.69, 9.17) is 5.73 Å². The van der Waals surface area contributed by atoms with Crippen LogP contribution < -0.4 is 10.6 Å². The van der Waals surface area contributed by atoms with Crippen LogP contribution in [0.15, 0.2) is 29.8 Å². The van der Waals surface area contributed by atoms with Gasteiger partial charge >= 0.3 is 0 Å². The lowest BCUT2D eigenvalue weighted by atomic mass is 10.3. The minimum absolute atomic E-state index is 0.0670. The monoisotopic (exact) mass is 262 g/mol. The molecule has 0 spiro atoms. The maximum atomic E-state index is 11.8. The van der Waals surface area contributed by atoms with Gasteiger partial charge in [-0.05, 0) is 11.4 Å². The summed E-state index contributed by atoms with van der Waals surface area (Å²) in [6.45, 7) is 1.27. The fraction of sp³-hybridized carbons (Fsp3) is 0.333. The molecule has 1 amide bonds. The van der Waals surface area contributed by atoms with Gasteiger partial charge in [0.25, 0.3) is 0 Å². The van der Waals surface area contributed by atoms with Gasteiger partial charge in [0.05, 0.1) is 12.7 Å². The van der Waals surface area contributed by atoms with Crippen molar-refractivity contribution in [1.29, 1.82) is 0 Å². The Morgan fingerprint density at radius 1 is 1.50 bits per heavy atom. The van der Waals surface area contributed by atoms with Gasteiger partial charge in [-0.15, -0.1) is 11.3 Å². The summed E-state index contributed by atoms with van der Waals surface area (Å²) in [6, 6.07) is 5.87. The Kier molecular flexibility index (Phi) is 2.89. The average Bonchev–Trinajstić information content (AvgIpc) is 3.02. The second-order valence-corrected chi connectivity index (χ2v) is 5.43. The second kappa shape index (κ2) is 4.55. The summed E-state index contributed by atoms with van der Waals surface area (Å²) in [6.07, 6.45) is 2.14. The molecule has 1 saturated heterocycles. The molecule has 3 rings (SSSR count). The van der Waals surface area contributed by atoms with Gasteiger partial charge in [0.15, 0.2) is 0 Å². The zero-order valence-electron chi connectivity index (χ0n) is 9.82. The van der Waals surface area contributed by atoms with E-state index in [9.17, 15) is 4.79 Å². The number of rotatable bonds is 3. The van der Waals surface area contributed by atoms with Crippen LogP contribution in [0, 0.1) is 0 Å². The van der Waals surface area contributed by atoms with Crippen LogP contribution in [0.5, 0.6) is 0 Å². The molecule has 2 aromatic heterocycles. The van der Waals surface area contributed by atoms with Crippen molar-refractivity contribution in [1.82, 2.24) is 9.78 Å².